The van der Waals surface area contributed by atoms with E-state index in [1.54, 1.807) is 19.1 Å². The molecule has 0 aliphatic rings. The summed E-state index contributed by atoms with van der Waals surface area (Å²) in [6, 6.07) is 5.97. The van der Waals surface area contributed by atoms with Crippen molar-refractivity contribution in [3.8, 4) is 11.1 Å². The fourth-order valence-electron chi connectivity index (χ4n) is 1.61. The number of hydrogen-bond acceptors (Lipinski definition) is 1. The van der Waals surface area contributed by atoms with Crippen LogP contribution in [0.4, 0.5) is 18.9 Å². The van der Waals surface area contributed by atoms with Crippen molar-refractivity contribution in [2.24, 2.45) is 0 Å². The van der Waals surface area contributed by atoms with Crippen LogP contribution in [-0.2, 0) is 0 Å². The van der Waals surface area contributed by atoms with Crippen LogP contribution in [0.15, 0.2) is 30.3 Å². The molecule has 0 spiro atoms. The number of nitrogens with two attached hydrogens (primary N) is 1. The van der Waals surface area contributed by atoms with Crippen LogP contribution in [0.5, 0.6) is 0 Å². The standard InChI is InChI=1S/C13H10F3N/c1-7-2-3-8(4-12(7)17)13-10(15)5-9(14)6-11(13)16/h2-6H,17H2,1H3. The predicted molar refractivity (Wildman–Crippen MR) is 60.9 cm³/mol. The van der Waals surface area contributed by atoms with E-state index in [0.29, 0.717) is 23.4 Å². The predicted octanol–water partition coefficient (Wildman–Crippen LogP) is 3.66. The molecule has 2 rings (SSSR count). The summed E-state index contributed by atoms with van der Waals surface area (Å²) in [6.07, 6.45) is 0. The van der Waals surface area contributed by atoms with Gasteiger partial charge in [0.1, 0.15) is 17.5 Å². The van der Waals surface area contributed by atoms with Crippen molar-refractivity contribution in [1.82, 2.24) is 0 Å². The summed E-state index contributed by atoms with van der Waals surface area (Å²) < 4.78 is 39.8. The van der Waals surface area contributed by atoms with Gasteiger partial charge in [0.2, 0.25) is 0 Å². The van der Waals surface area contributed by atoms with Crippen LogP contribution in [0, 0.1) is 24.4 Å². The lowest BCUT2D eigenvalue weighted by molar-refractivity contribution is 0.548. The van der Waals surface area contributed by atoms with E-state index in [1.165, 1.54) is 6.07 Å². The second-order valence-electron chi connectivity index (χ2n) is 3.82. The van der Waals surface area contributed by atoms with Crippen molar-refractivity contribution in [3.05, 3.63) is 53.3 Å². The van der Waals surface area contributed by atoms with E-state index in [1.807, 2.05) is 0 Å². The molecule has 88 valence electrons. The Hall–Kier alpha value is -1.97. The minimum atomic E-state index is -0.941. The lowest BCUT2D eigenvalue weighted by Crippen LogP contribution is -1.95. The van der Waals surface area contributed by atoms with E-state index in [0.717, 1.165) is 5.56 Å². The average molecular weight is 237 g/mol. The topological polar surface area (TPSA) is 26.0 Å². The molecule has 0 fully saturated rings. The largest absolute Gasteiger partial charge is 0.398 e. The van der Waals surface area contributed by atoms with Crippen LogP contribution in [0.1, 0.15) is 5.56 Å². The first kappa shape index (κ1) is 11.5. The quantitative estimate of drug-likeness (QED) is 0.752. The Morgan fingerprint density at radius 1 is 0.941 bits per heavy atom. The van der Waals surface area contributed by atoms with E-state index < -0.39 is 17.5 Å². The molecule has 0 bridgehead atoms. The van der Waals surface area contributed by atoms with Crippen LogP contribution in [0.25, 0.3) is 11.1 Å². The van der Waals surface area contributed by atoms with Crippen LogP contribution in [0.2, 0.25) is 0 Å². The minimum Gasteiger partial charge on any atom is -0.398 e. The summed E-state index contributed by atoms with van der Waals surface area (Å²) in [5, 5.41) is 0. The van der Waals surface area contributed by atoms with Gasteiger partial charge in [-0.1, -0.05) is 12.1 Å². The summed E-state index contributed by atoms with van der Waals surface area (Å²) in [5.41, 5.74) is 6.95. The third kappa shape index (κ3) is 2.11. The first-order valence-electron chi connectivity index (χ1n) is 5.00. The van der Waals surface area contributed by atoms with Crippen LogP contribution >= 0.6 is 0 Å². The smallest absolute Gasteiger partial charge is 0.136 e. The molecular weight excluding hydrogens is 227 g/mol. The van der Waals surface area contributed by atoms with Crippen LogP contribution < -0.4 is 5.73 Å². The van der Waals surface area contributed by atoms with Crippen molar-refractivity contribution < 1.29 is 13.2 Å². The number of anilines is 1. The zero-order chi connectivity index (χ0) is 12.6. The molecule has 1 nitrogen and oxygen atoms in total. The first-order chi connectivity index (χ1) is 7.99. The monoisotopic (exact) mass is 237 g/mol. The van der Waals surface area contributed by atoms with Gasteiger partial charge < -0.3 is 5.73 Å². The fraction of sp³-hybridized carbons (Fsp3) is 0.0769. The lowest BCUT2D eigenvalue weighted by Gasteiger charge is -2.08. The first-order valence-corrected chi connectivity index (χ1v) is 5.00. The van der Waals surface area contributed by atoms with E-state index in [2.05, 4.69) is 0 Å². The molecule has 2 N–H and O–H groups in total. The highest BCUT2D eigenvalue weighted by Gasteiger charge is 2.13. The van der Waals surface area contributed by atoms with Crippen molar-refractivity contribution in [2.45, 2.75) is 6.92 Å². The molecule has 0 unspecified atom stereocenters. The van der Waals surface area contributed by atoms with Gasteiger partial charge in [-0.25, -0.2) is 13.2 Å². The Bertz CT molecular complexity index is 556. The molecule has 0 amide bonds. The van der Waals surface area contributed by atoms with Crippen LogP contribution in [0.3, 0.4) is 0 Å². The Labute approximate surface area is 96.7 Å². The highest BCUT2D eigenvalue weighted by Crippen LogP contribution is 2.29. The molecule has 0 radical (unpaired) electrons. The summed E-state index contributed by atoms with van der Waals surface area (Å²) in [4.78, 5) is 0. The SMILES string of the molecule is Cc1ccc(-c2c(F)cc(F)cc2F)cc1N. The molecule has 0 saturated heterocycles. The van der Waals surface area contributed by atoms with Crippen molar-refractivity contribution in [3.63, 3.8) is 0 Å². The molecule has 4 heteroatoms. The summed E-state index contributed by atoms with van der Waals surface area (Å²) in [7, 11) is 0. The molecule has 2 aromatic carbocycles. The van der Waals surface area contributed by atoms with Gasteiger partial charge in [-0.2, -0.15) is 0 Å². The molecule has 0 heterocycles. The number of rotatable bonds is 1. The minimum absolute atomic E-state index is 0.266. The van der Waals surface area contributed by atoms with Gasteiger partial charge in [-0.15, -0.1) is 0 Å². The van der Waals surface area contributed by atoms with E-state index >= 15 is 0 Å². The van der Waals surface area contributed by atoms with E-state index in [9.17, 15) is 13.2 Å². The van der Waals surface area contributed by atoms with Gasteiger partial charge >= 0.3 is 0 Å². The highest BCUT2D eigenvalue weighted by molar-refractivity contribution is 5.69. The molecular formula is C13H10F3N. The molecule has 2 aromatic rings. The van der Waals surface area contributed by atoms with Gasteiger partial charge in [0.15, 0.2) is 0 Å². The van der Waals surface area contributed by atoms with Gasteiger partial charge in [0.05, 0.1) is 5.56 Å². The van der Waals surface area contributed by atoms with Gasteiger partial charge in [0, 0.05) is 17.8 Å². The van der Waals surface area contributed by atoms with Crippen LogP contribution in [-0.4, -0.2) is 0 Å². The molecule has 0 aromatic heterocycles. The molecule has 0 aliphatic heterocycles. The maximum absolute atomic E-state index is 13.5. The number of nitrogen functional groups attached to an aromatic ring is 1. The Morgan fingerprint density at radius 3 is 2.06 bits per heavy atom. The van der Waals surface area contributed by atoms with Crippen molar-refractivity contribution in [2.75, 3.05) is 5.73 Å². The second kappa shape index (κ2) is 4.13. The Kier molecular flexibility index (Phi) is 2.79. The van der Waals surface area contributed by atoms with Crippen molar-refractivity contribution >= 4 is 5.69 Å². The number of hydrogen-bond donors (Lipinski definition) is 1. The molecule has 17 heavy (non-hydrogen) atoms. The maximum atomic E-state index is 13.5. The molecule has 0 atom stereocenters. The Balaban J connectivity index is 2.64. The second-order valence-corrected chi connectivity index (χ2v) is 3.82. The van der Waals surface area contributed by atoms with Gasteiger partial charge in [-0.05, 0) is 24.1 Å². The van der Waals surface area contributed by atoms with Gasteiger partial charge in [0.25, 0.3) is 0 Å². The maximum Gasteiger partial charge on any atom is 0.136 e. The zero-order valence-corrected chi connectivity index (χ0v) is 9.10. The van der Waals surface area contributed by atoms with Crippen molar-refractivity contribution in [1.29, 1.82) is 0 Å². The Morgan fingerprint density at radius 2 is 1.53 bits per heavy atom. The zero-order valence-electron chi connectivity index (χ0n) is 9.10. The number of halogens is 3. The normalized spacial score (nSPS) is 10.6. The fourth-order valence-corrected chi connectivity index (χ4v) is 1.61. The third-order valence-electron chi connectivity index (χ3n) is 2.57. The summed E-state index contributed by atoms with van der Waals surface area (Å²) >= 11 is 0. The number of benzene rings is 2. The third-order valence-corrected chi connectivity index (χ3v) is 2.57. The number of aryl methyl sites for hydroxylation is 1. The van der Waals surface area contributed by atoms with Gasteiger partial charge in [-0.3, -0.25) is 0 Å². The van der Waals surface area contributed by atoms with E-state index in [4.69, 9.17) is 5.73 Å². The molecule has 0 aliphatic carbocycles. The lowest BCUT2D eigenvalue weighted by atomic mass is 10.0. The molecule has 0 saturated carbocycles. The van der Waals surface area contributed by atoms with E-state index in [-0.39, 0.29) is 5.56 Å². The highest BCUT2D eigenvalue weighted by atomic mass is 19.1. The summed E-state index contributed by atoms with van der Waals surface area (Å²) in [5.74, 6) is -2.82. The average Bonchev–Trinajstić information content (AvgIpc) is 2.21. The summed E-state index contributed by atoms with van der Waals surface area (Å²) in [6.45, 7) is 1.79.